The van der Waals surface area contributed by atoms with Crippen molar-refractivity contribution in [2.24, 2.45) is 0 Å². The summed E-state index contributed by atoms with van der Waals surface area (Å²) in [6.07, 6.45) is 4.69. The van der Waals surface area contributed by atoms with Gasteiger partial charge in [0.15, 0.2) is 0 Å². The standard InChI is InChI=1S/C10H10N4OS/c15-10(4-3-8-2-1-5-16-8)11-6-9-12-7-13-14-9/h1-5,7H,6H2,(H,11,15)(H,12,13,14)/b4-3+. The summed E-state index contributed by atoms with van der Waals surface area (Å²) < 4.78 is 0. The third-order valence-corrected chi connectivity index (χ3v) is 2.67. The molecule has 0 saturated carbocycles. The van der Waals surface area contributed by atoms with Crippen molar-refractivity contribution < 1.29 is 4.79 Å². The van der Waals surface area contributed by atoms with Crippen LogP contribution in [0.1, 0.15) is 10.7 Å². The molecule has 0 bridgehead atoms. The van der Waals surface area contributed by atoms with Gasteiger partial charge in [0.1, 0.15) is 12.2 Å². The van der Waals surface area contributed by atoms with Crippen LogP contribution in [0.4, 0.5) is 0 Å². The maximum atomic E-state index is 11.4. The number of carbonyl (C=O) groups excluding carboxylic acids is 1. The summed E-state index contributed by atoms with van der Waals surface area (Å²) in [7, 11) is 0. The minimum Gasteiger partial charge on any atom is -0.345 e. The Morgan fingerprint density at radius 1 is 1.62 bits per heavy atom. The molecular weight excluding hydrogens is 224 g/mol. The number of hydrogen-bond acceptors (Lipinski definition) is 4. The van der Waals surface area contributed by atoms with E-state index >= 15 is 0 Å². The summed E-state index contributed by atoms with van der Waals surface area (Å²) in [6, 6.07) is 3.89. The van der Waals surface area contributed by atoms with Crippen LogP contribution in [-0.2, 0) is 11.3 Å². The van der Waals surface area contributed by atoms with Crippen molar-refractivity contribution in [1.29, 1.82) is 0 Å². The van der Waals surface area contributed by atoms with E-state index in [-0.39, 0.29) is 5.91 Å². The first kappa shape index (κ1) is 10.6. The maximum absolute atomic E-state index is 11.4. The number of nitrogens with zero attached hydrogens (tertiary/aromatic N) is 2. The smallest absolute Gasteiger partial charge is 0.244 e. The van der Waals surface area contributed by atoms with Crippen molar-refractivity contribution in [1.82, 2.24) is 20.5 Å². The molecule has 0 fully saturated rings. The molecule has 2 aromatic heterocycles. The van der Waals surface area contributed by atoms with Gasteiger partial charge in [0.2, 0.25) is 5.91 Å². The van der Waals surface area contributed by atoms with E-state index in [1.165, 1.54) is 12.4 Å². The molecule has 2 N–H and O–H groups in total. The Hall–Kier alpha value is -1.95. The van der Waals surface area contributed by atoms with Crippen LogP contribution in [0.3, 0.4) is 0 Å². The molecule has 6 heteroatoms. The number of aromatic amines is 1. The Labute approximate surface area is 96.2 Å². The molecule has 0 aliphatic carbocycles. The highest BCUT2D eigenvalue weighted by molar-refractivity contribution is 7.10. The van der Waals surface area contributed by atoms with Crippen molar-refractivity contribution in [2.45, 2.75) is 6.54 Å². The Morgan fingerprint density at radius 3 is 3.25 bits per heavy atom. The summed E-state index contributed by atoms with van der Waals surface area (Å²) in [5.74, 6) is 0.489. The van der Waals surface area contributed by atoms with Gasteiger partial charge in [-0.3, -0.25) is 9.89 Å². The molecule has 0 spiro atoms. The van der Waals surface area contributed by atoms with Crippen molar-refractivity contribution >= 4 is 23.3 Å². The second-order valence-electron chi connectivity index (χ2n) is 3.00. The average Bonchev–Trinajstić information content (AvgIpc) is 2.96. The largest absolute Gasteiger partial charge is 0.345 e. The van der Waals surface area contributed by atoms with Gasteiger partial charge in [0.05, 0.1) is 6.54 Å². The Morgan fingerprint density at radius 2 is 2.56 bits per heavy atom. The molecule has 0 unspecified atom stereocenters. The van der Waals surface area contributed by atoms with Gasteiger partial charge in [-0.25, -0.2) is 4.98 Å². The number of H-pyrrole nitrogens is 1. The van der Waals surface area contributed by atoms with E-state index in [2.05, 4.69) is 20.5 Å². The second-order valence-corrected chi connectivity index (χ2v) is 3.98. The normalized spacial score (nSPS) is 10.8. The van der Waals surface area contributed by atoms with E-state index in [9.17, 15) is 4.79 Å². The monoisotopic (exact) mass is 234 g/mol. The number of thiophene rings is 1. The van der Waals surface area contributed by atoms with E-state index in [0.29, 0.717) is 12.4 Å². The van der Waals surface area contributed by atoms with E-state index in [1.807, 2.05) is 17.5 Å². The van der Waals surface area contributed by atoms with Crippen LogP contribution >= 0.6 is 11.3 Å². The minimum absolute atomic E-state index is 0.148. The predicted octanol–water partition coefficient (Wildman–Crippen LogP) is 1.20. The number of aromatic nitrogens is 3. The summed E-state index contributed by atoms with van der Waals surface area (Å²) in [4.78, 5) is 16.3. The molecule has 16 heavy (non-hydrogen) atoms. The van der Waals surface area contributed by atoms with Crippen molar-refractivity contribution in [3.05, 3.63) is 40.6 Å². The van der Waals surface area contributed by atoms with Gasteiger partial charge in [-0.1, -0.05) is 6.07 Å². The van der Waals surface area contributed by atoms with Crippen LogP contribution in [0.25, 0.3) is 6.08 Å². The fourth-order valence-electron chi connectivity index (χ4n) is 1.09. The zero-order valence-corrected chi connectivity index (χ0v) is 9.20. The molecule has 0 radical (unpaired) electrons. The fraction of sp³-hybridized carbons (Fsp3) is 0.100. The van der Waals surface area contributed by atoms with Crippen LogP contribution in [0, 0.1) is 0 Å². The van der Waals surface area contributed by atoms with Gasteiger partial charge in [0.25, 0.3) is 0 Å². The SMILES string of the molecule is O=C(/C=C/c1cccs1)NCc1ncn[nH]1. The zero-order valence-electron chi connectivity index (χ0n) is 8.38. The molecular formula is C10H10N4OS. The van der Waals surface area contributed by atoms with Gasteiger partial charge in [-0.2, -0.15) is 5.10 Å². The Bertz CT molecular complexity index is 461. The lowest BCUT2D eigenvalue weighted by Gasteiger charge is -1.97. The lowest BCUT2D eigenvalue weighted by atomic mass is 10.4. The highest BCUT2D eigenvalue weighted by atomic mass is 32.1. The second kappa shape index (κ2) is 5.22. The lowest BCUT2D eigenvalue weighted by molar-refractivity contribution is -0.116. The first-order valence-corrected chi connectivity index (χ1v) is 5.56. The molecule has 1 amide bonds. The molecule has 0 atom stereocenters. The molecule has 2 heterocycles. The van der Waals surface area contributed by atoms with Crippen LogP contribution in [-0.4, -0.2) is 21.1 Å². The third-order valence-electron chi connectivity index (χ3n) is 1.84. The highest BCUT2D eigenvalue weighted by Crippen LogP contribution is 2.09. The van der Waals surface area contributed by atoms with Gasteiger partial charge < -0.3 is 5.32 Å². The molecule has 82 valence electrons. The molecule has 0 aromatic carbocycles. The van der Waals surface area contributed by atoms with Crippen LogP contribution in [0.5, 0.6) is 0 Å². The average molecular weight is 234 g/mol. The summed E-state index contributed by atoms with van der Waals surface area (Å²) in [6.45, 7) is 0.355. The summed E-state index contributed by atoms with van der Waals surface area (Å²) in [5.41, 5.74) is 0. The first-order valence-electron chi connectivity index (χ1n) is 4.68. The van der Waals surface area contributed by atoms with E-state index in [0.717, 1.165) is 4.88 Å². The van der Waals surface area contributed by atoms with Crippen molar-refractivity contribution in [3.8, 4) is 0 Å². The van der Waals surface area contributed by atoms with Crippen LogP contribution in [0.15, 0.2) is 29.9 Å². The van der Waals surface area contributed by atoms with Crippen LogP contribution < -0.4 is 5.32 Å². The van der Waals surface area contributed by atoms with Gasteiger partial charge in [0, 0.05) is 11.0 Å². The number of nitrogens with one attached hydrogen (secondary N) is 2. The zero-order chi connectivity index (χ0) is 11.2. The van der Waals surface area contributed by atoms with E-state index in [4.69, 9.17) is 0 Å². The van der Waals surface area contributed by atoms with E-state index in [1.54, 1.807) is 17.4 Å². The molecule has 0 aliphatic heterocycles. The highest BCUT2D eigenvalue weighted by Gasteiger charge is 1.98. The minimum atomic E-state index is -0.148. The third kappa shape index (κ3) is 3.03. The lowest BCUT2D eigenvalue weighted by Crippen LogP contribution is -2.20. The fourth-order valence-corrected chi connectivity index (χ4v) is 1.71. The molecule has 0 saturated heterocycles. The summed E-state index contributed by atoms with van der Waals surface area (Å²) >= 11 is 1.59. The quantitative estimate of drug-likeness (QED) is 0.781. The van der Waals surface area contributed by atoms with Crippen LogP contribution in [0.2, 0.25) is 0 Å². The number of hydrogen-bond donors (Lipinski definition) is 2. The molecule has 2 aromatic rings. The number of amides is 1. The Balaban J connectivity index is 1.81. The number of rotatable bonds is 4. The van der Waals surface area contributed by atoms with Crippen molar-refractivity contribution in [2.75, 3.05) is 0 Å². The summed E-state index contributed by atoms with van der Waals surface area (Å²) in [5, 5.41) is 11.0. The predicted molar refractivity (Wildman–Crippen MR) is 61.6 cm³/mol. The van der Waals surface area contributed by atoms with Gasteiger partial charge in [-0.15, -0.1) is 11.3 Å². The number of carbonyl (C=O) groups is 1. The van der Waals surface area contributed by atoms with Gasteiger partial charge in [-0.05, 0) is 17.5 Å². The van der Waals surface area contributed by atoms with E-state index < -0.39 is 0 Å². The van der Waals surface area contributed by atoms with Gasteiger partial charge >= 0.3 is 0 Å². The molecule has 0 aliphatic rings. The maximum Gasteiger partial charge on any atom is 0.244 e. The van der Waals surface area contributed by atoms with Crippen molar-refractivity contribution in [3.63, 3.8) is 0 Å². The topological polar surface area (TPSA) is 70.7 Å². The first-order chi connectivity index (χ1) is 7.84. The Kier molecular flexibility index (Phi) is 3.45. The molecule has 2 rings (SSSR count). The molecule has 5 nitrogen and oxygen atoms in total.